The molecule has 1 aromatic heterocycles. The van der Waals surface area contributed by atoms with E-state index in [0.29, 0.717) is 45.8 Å². The van der Waals surface area contributed by atoms with E-state index in [1.807, 2.05) is 25.1 Å². The molecule has 0 spiro atoms. The van der Waals surface area contributed by atoms with Crippen molar-refractivity contribution in [3.05, 3.63) is 77.3 Å². The van der Waals surface area contributed by atoms with Gasteiger partial charge in [0.05, 0.1) is 27.4 Å². The van der Waals surface area contributed by atoms with Crippen LogP contribution in [-0.2, 0) is 10.0 Å². The minimum Gasteiger partial charge on any atom is -0.494 e. The van der Waals surface area contributed by atoms with Crippen molar-refractivity contribution < 1.29 is 17.9 Å². The fourth-order valence-corrected chi connectivity index (χ4v) is 6.70. The molecule has 8 nitrogen and oxygen atoms in total. The first kappa shape index (κ1) is 27.8. The van der Waals surface area contributed by atoms with Crippen LogP contribution < -0.4 is 13.9 Å². The van der Waals surface area contributed by atoms with Crippen LogP contribution >= 0.6 is 22.9 Å². The lowest BCUT2D eigenvalue weighted by atomic mass is 10.2. The molecule has 11 heteroatoms. The van der Waals surface area contributed by atoms with Gasteiger partial charge in [0.1, 0.15) is 11.3 Å². The fraction of sp³-hybridized carbons (Fsp3) is 0.259. The number of benzene rings is 3. The van der Waals surface area contributed by atoms with Gasteiger partial charge in [-0.25, -0.2) is 13.4 Å². The average Bonchev–Trinajstić information content (AvgIpc) is 3.36. The average molecular weight is 573 g/mol. The minimum absolute atomic E-state index is 0.107. The molecule has 0 unspecified atom stereocenters. The number of sulfonamides is 1. The van der Waals surface area contributed by atoms with Gasteiger partial charge < -0.3 is 9.64 Å². The molecule has 0 saturated carbocycles. The number of amides is 1. The van der Waals surface area contributed by atoms with Crippen molar-refractivity contribution in [1.29, 1.82) is 0 Å². The number of ether oxygens (including phenoxy) is 1. The zero-order valence-corrected chi connectivity index (χ0v) is 24.0. The molecule has 0 aliphatic carbocycles. The van der Waals surface area contributed by atoms with Crippen molar-refractivity contribution in [2.75, 3.05) is 50.0 Å². The van der Waals surface area contributed by atoms with Crippen molar-refractivity contribution in [2.24, 2.45) is 0 Å². The Labute approximate surface area is 232 Å². The SMILES string of the molecule is CCN(c1ccccc1)S(=O)(=O)c1ccc(C(=O)N(CCN(C)C)c2nc3c(OC)ccc(Cl)c3s2)cc1. The lowest BCUT2D eigenvalue weighted by Crippen LogP contribution is -2.36. The van der Waals surface area contributed by atoms with Crippen LogP contribution in [-0.4, -0.2) is 65.0 Å². The summed E-state index contributed by atoms with van der Waals surface area (Å²) in [5.41, 5.74) is 1.52. The minimum atomic E-state index is -3.81. The van der Waals surface area contributed by atoms with Crippen LogP contribution in [0.2, 0.25) is 5.02 Å². The van der Waals surface area contributed by atoms with Gasteiger partial charge in [-0.05, 0) is 69.6 Å². The maximum absolute atomic E-state index is 13.7. The van der Waals surface area contributed by atoms with E-state index in [2.05, 4.69) is 4.98 Å². The summed E-state index contributed by atoms with van der Waals surface area (Å²) >= 11 is 7.72. The van der Waals surface area contributed by atoms with Gasteiger partial charge in [-0.2, -0.15) is 0 Å². The number of rotatable bonds is 10. The molecule has 0 saturated heterocycles. The van der Waals surface area contributed by atoms with Gasteiger partial charge in [0.15, 0.2) is 5.13 Å². The number of anilines is 2. The maximum Gasteiger partial charge on any atom is 0.264 e. The second-order valence-electron chi connectivity index (χ2n) is 8.71. The molecular formula is C27H29ClN4O4S2. The summed E-state index contributed by atoms with van der Waals surface area (Å²) in [6.45, 7) is 3.03. The molecule has 0 atom stereocenters. The third-order valence-electron chi connectivity index (χ3n) is 5.93. The van der Waals surface area contributed by atoms with E-state index < -0.39 is 10.0 Å². The zero-order chi connectivity index (χ0) is 27.4. The molecule has 4 aromatic rings. The molecule has 0 aliphatic rings. The standard InChI is InChI=1S/C27H29ClN4O4S2/c1-5-32(20-9-7-6-8-10-20)38(34,35)21-13-11-19(12-14-21)26(33)31(18-17-30(2)3)27-29-24-23(36-4)16-15-22(28)25(24)37-27/h6-16H,5,17-18H2,1-4H3. The van der Waals surface area contributed by atoms with Gasteiger partial charge in [0.2, 0.25) is 0 Å². The van der Waals surface area contributed by atoms with Gasteiger partial charge >= 0.3 is 0 Å². The smallest absolute Gasteiger partial charge is 0.264 e. The summed E-state index contributed by atoms with van der Waals surface area (Å²) in [6.07, 6.45) is 0. The van der Waals surface area contributed by atoms with Gasteiger partial charge in [-0.15, -0.1) is 0 Å². The number of halogens is 1. The summed E-state index contributed by atoms with van der Waals surface area (Å²) in [5, 5.41) is 1.01. The van der Waals surface area contributed by atoms with E-state index in [4.69, 9.17) is 16.3 Å². The molecule has 4 rings (SSSR count). The molecule has 0 bridgehead atoms. The van der Waals surface area contributed by atoms with Crippen molar-refractivity contribution in [2.45, 2.75) is 11.8 Å². The second-order valence-corrected chi connectivity index (χ2v) is 12.0. The van der Waals surface area contributed by atoms with Crippen molar-refractivity contribution in [3.8, 4) is 5.75 Å². The van der Waals surface area contributed by atoms with Crippen LogP contribution in [0.5, 0.6) is 5.75 Å². The van der Waals surface area contributed by atoms with E-state index in [9.17, 15) is 13.2 Å². The number of aromatic nitrogens is 1. The summed E-state index contributed by atoms with van der Waals surface area (Å²) in [6, 6.07) is 18.4. The number of carbonyl (C=O) groups excluding carboxylic acids is 1. The predicted molar refractivity (Wildman–Crippen MR) is 155 cm³/mol. The van der Waals surface area contributed by atoms with Gasteiger partial charge in [-0.3, -0.25) is 14.0 Å². The number of methoxy groups -OCH3 is 1. The first-order valence-corrected chi connectivity index (χ1v) is 14.6. The molecule has 0 fully saturated rings. The number of likely N-dealkylation sites (N-methyl/N-ethyl adjacent to an activating group) is 1. The molecule has 38 heavy (non-hydrogen) atoms. The lowest BCUT2D eigenvalue weighted by Gasteiger charge is -2.24. The van der Waals surface area contributed by atoms with Crippen LogP contribution in [0.4, 0.5) is 10.8 Å². The largest absolute Gasteiger partial charge is 0.494 e. The first-order chi connectivity index (χ1) is 18.2. The molecule has 200 valence electrons. The van der Waals surface area contributed by atoms with Crippen LogP contribution in [0, 0.1) is 0 Å². The quantitative estimate of drug-likeness (QED) is 0.254. The first-order valence-electron chi connectivity index (χ1n) is 11.9. The van der Waals surface area contributed by atoms with Crippen molar-refractivity contribution in [1.82, 2.24) is 9.88 Å². The number of hydrogen-bond donors (Lipinski definition) is 0. The summed E-state index contributed by atoms with van der Waals surface area (Å²) in [5.74, 6) is 0.278. The van der Waals surface area contributed by atoms with E-state index in [1.165, 1.54) is 39.9 Å². The van der Waals surface area contributed by atoms with Crippen molar-refractivity contribution >= 4 is 59.9 Å². The van der Waals surface area contributed by atoms with Gasteiger partial charge in [-0.1, -0.05) is 41.1 Å². The monoisotopic (exact) mass is 572 g/mol. The number of thiazole rings is 1. The molecule has 0 aliphatic heterocycles. The highest BCUT2D eigenvalue weighted by atomic mass is 35.5. The Bertz CT molecular complexity index is 1520. The molecular weight excluding hydrogens is 544 g/mol. The molecule has 1 amide bonds. The fourth-order valence-electron chi connectivity index (χ4n) is 3.94. The number of hydrogen-bond acceptors (Lipinski definition) is 7. The highest BCUT2D eigenvalue weighted by Crippen LogP contribution is 2.39. The number of para-hydroxylation sites is 1. The molecule has 0 N–H and O–H groups in total. The van der Waals surface area contributed by atoms with Gasteiger partial charge in [0, 0.05) is 25.2 Å². The highest BCUT2D eigenvalue weighted by molar-refractivity contribution is 7.92. The van der Waals surface area contributed by atoms with Crippen LogP contribution in [0.3, 0.4) is 0 Å². The highest BCUT2D eigenvalue weighted by Gasteiger charge is 2.26. The summed E-state index contributed by atoms with van der Waals surface area (Å²) in [4.78, 5) is 22.1. The number of nitrogens with zero attached hydrogens (tertiary/aromatic N) is 4. The topological polar surface area (TPSA) is 83.1 Å². The Hall–Kier alpha value is -3.18. The van der Waals surface area contributed by atoms with E-state index in [0.717, 1.165) is 4.70 Å². The Morgan fingerprint density at radius 1 is 1.00 bits per heavy atom. The molecule has 3 aromatic carbocycles. The number of carbonyl (C=O) groups is 1. The van der Waals surface area contributed by atoms with E-state index in [-0.39, 0.29) is 17.3 Å². The lowest BCUT2D eigenvalue weighted by molar-refractivity contribution is 0.0985. The van der Waals surface area contributed by atoms with E-state index >= 15 is 0 Å². The number of fused-ring (bicyclic) bond motifs is 1. The third-order valence-corrected chi connectivity index (χ3v) is 9.39. The normalized spacial score (nSPS) is 11.6. The van der Waals surface area contributed by atoms with Crippen LogP contribution in [0.15, 0.2) is 71.6 Å². The third kappa shape index (κ3) is 5.63. The Balaban J connectivity index is 1.68. The van der Waals surface area contributed by atoms with Crippen LogP contribution in [0.25, 0.3) is 10.2 Å². The predicted octanol–water partition coefficient (Wildman–Crippen LogP) is 5.38. The van der Waals surface area contributed by atoms with E-state index in [1.54, 1.807) is 55.3 Å². The Morgan fingerprint density at radius 3 is 2.29 bits per heavy atom. The van der Waals surface area contributed by atoms with Crippen LogP contribution in [0.1, 0.15) is 17.3 Å². The van der Waals surface area contributed by atoms with Crippen molar-refractivity contribution in [3.63, 3.8) is 0 Å². The second kappa shape index (κ2) is 11.7. The summed E-state index contributed by atoms with van der Waals surface area (Å²) < 4.78 is 34.2. The zero-order valence-electron chi connectivity index (χ0n) is 21.6. The Kier molecular flexibility index (Phi) is 8.57. The van der Waals surface area contributed by atoms with Gasteiger partial charge in [0.25, 0.3) is 15.9 Å². The Morgan fingerprint density at radius 2 is 1.68 bits per heavy atom. The summed E-state index contributed by atoms with van der Waals surface area (Å²) in [7, 11) is 1.60. The molecule has 0 radical (unpaired) electrons. The molecule has 1 heterocycles. The maximum atomic E-state index is 13.7.